The molecule has 0 saturated carbocycles. The number of carbonyl (C=O) groups is 1. The second-order valence-corrected chi connectivity index (χ2v) is 10.2. The van der Waals surface area contributed by atoms with Crippen molar-refractivity contribution in [3.05, 3.63) is 100 Å². The topological polar surface area (TPSA) is 78.8 Å². The first-order chi connectivity index (χ1) is 16.2. The van der Waals surface area contributed by atoms with Crippen LogP contribution in [0.25, 0.3) is 0 Å². The van der Waals surface area contributed by atoms with E-state index in [4.69, 9.17) is 0 Å². The normalized spacial score (nSPS) is 11.8. The Balaban J connectivity index is 1.83. The number of benzene rings is 3. The molecular formula is C27H31N3O3S. The fourth-order valence-electron chi connectivity index (χ4n) is 3.93. The largest absolute Gasteiger partial charge is 0.272 e. The highest BCUT2D eigenvalue weighted by molar-refractivity contribution is 7.89. The third-order valence-corrected chi connectivity index (χ3v) is 7.61. The number of nitrogens with zero attached hydrogens (tertiary/aromatic N) is 2. The van der Waals surface area contributed by atoms with Crippen molar-refractivity contribution in [1.82, 2.24) is 9.73 Å². The van der Waals surface area contributed by atoms with E-state index in [9.17, 15) is 13.2 Å². The molecular weight excluding hydrogens is 446 g/mol. The maximum atomic E-state index is 13.7. The zero-order valence-corrected chi connectivity index (χ0v) is 20.9. The molecule has 0 atom stereocenters. The molecule has 0 aliphatic rings. The molecule has 0 fully saturated rings. The number of rotatable bonds is 9. The van der Waals surface area contributed by atoms with E-state index >= 15 is 0 Å². The first kappa shape index (κ1) is 25.3. The van der Waals surface area contributed by atoms with Gasteiger partial charge in [-0.2, -0.15) is 9.41 Å². The van der Waals surface area contributed by atoms with E-state index in [1.54, 1.807) is 20.1 Å². The number of nitrogens with one attached hydrogen (secondary N) is 1. The third-order valence-electron chi connectivity index (χ3n) is 5.52. The van der Waals surface area contributed by atoms with Gasteiger partial charge in [0.15, 0.2) is 0 Å². The highest BCUT2D eigenvalue weighted by Crippen LogP contribution is 2.26. The molecule has 0 aliphatic heterocycles. The summed E-state index contributed by atoms with van der Waals surface area (Å²) in [5.41, 5.74) is 7.61. The van der Waals surface area contributed by atoms with Gasteiger partial charge in [-0.3, -0.25) is 4.79 Å². The standard InChI is InChI=1S/C27H31N3O3S/c1-5-23-11-13-24(14-12-23)17-28-29-26(31)19-30(18-25-9-7-6-8-10-25)34(32,33)27-21(3)15-20(2)16-22(27)4/h6-17H,5,18-19H2,1-4H3,(H,29,31)/b28-17-. The molecule has 7 heteroatoms. The van der Waals surface area contributed by atoms with Crippen LogP contribution in [0, 0.1) is 20.8 Å². The molecule has 0 heterocycles. The van der Waals surface area contributed by atoms with Crippen molar-refractivity contribution in [2.45, 2.75) is 45.6 Å². The van der Waals surface area contributed by atoms with Crippen molar-refractivity contribution in [3.8, 4) is 0 Å². The van der Waals surface area contributed by atoms with Gasteiger partial charge in [-0.05, 0) is 55.0 Å². The maximum Gasteiger partial charge on any atom is 0.255 e. The van der Waals surface area contributed by atoms with Crippen LogP contribution in [0.5, 0.6) is 0 Å². The molecule has 34 heavy (non-hydrogen) atoms. The second-order valence-electron chi connectivity index (χ2n) is 8.37. The highest BCUT2D eigenvalue weighted by atomic mass is 32.2. The summed E-state index contributed by atoms with van der Waals surface area (Å²) in [7, 11) is -3.94. The summed E-state index contributed by atoms with van der Waals surface area (Å²) in [6, 6.07) is 20.8. The van der Waals surface area contributed by atoms with Crippen molar-refractivity contribution in [3.63, 3.8) is 0 Å². The summed E-state index contributed by atoms with van der Waals surface area (Å²) in [6.07, 6.45) is 2.49. The van der Waals surface area contributed by atoms with Crippen LogP contribution in [0.4, 0.5) is 0 Å². The summed E-state index contributed by atoms with van der Waals surface area (Å²) >= 11 is 0. The van der Waals surface area contributed by atoms with Crippen LogP contribution in [-0.2, 0) is 27.8 Å². The second kappa shape index (κ2) is 11.2. The summed E-state index contributed by atoms with van der Waals surface area (Å²) in [5.74, 6) is -0.511. The molecule has 1 amide bonds. The van der Waals surface area contributed by atoms with E-state index in [-0.39, 0.29) is 18.0 Å². The summed E-state index contributed by atoms with van der Waals surface area (Å²) in [4.78, 5) is 12.9. The fourth-order valence-corrected chi connectivity index (χ4v) is 5.73. The summed E-state index contributed by atoms with van der Waals surface area (Å²) in [6.45, 7) is 7.29. The molecule has 0 spiro atoms. The van der Waals surface area contributed by atoms with Crippen molar-refractivity contribution in [2.24, 2.45) is 5.10 Å². The van der Waals surface area contributed by atoms with Crippen LogP contribution in [-0.4, -0.2) is 31.4 Å². The lowest BCUT2D eigenvalue weighted by atomic mass is 10.1. The van der Waals surface area contributed by atoms with Crippen LogP contribution in [0.3, 0.4) is 0 Å². The molecule has 0 unspecified atom stereocenters. The Morgan fingerprint density at radius 2 is 1.56 bits per heavy atom. The first-order valence-corrected chi connectivity index (χ1v) is 12.7. The zero-order valence-electron chi connectivity index (χ0n) is 20.1. The molecule has 0 aromatic heterocycles. The van der Waals surface area contributed by atoms with Crippen LogP contribution < -0.4 is 5.43 Å². The Morgan fingerprint density at radius 1 is 0.941 bits per heavy atom. The Bertz CT molecular complexity index is 1250. The van der Waals surface area contributed by atoms with E-state index in [1.165, 1.54) is 9.87 Å². The number of sulfonamides is 1. The minimum absolute atomic E-state index is 0.0749. The van der Waals surface area contributed by atoms with Gasteiger partial charge in [-0.1, -0.05) is 79.2 Å². The highest BCUT2D eigenvalue weighted by Gasteiger charge is 2.29. The lowest BCUT2D eigenvalue weighted by Crippen LogP contribution is -2.39. The molecule has 3 rings (SSSR count). The Morgan fingerprint density at radius 3 is 2.15 bits per heavy atom. The summed E-state index contributed by atoms with van der Waals surface area (Å²) < 4.78 is 28.6. The maximum absolute atomic E-state index is 13.7. The smallest absolute Gasteiger partial charge is 0.255 e. The van der Waals surface area contributed by atoms with Gasteiger partial charge in [0, 0.05) is 6.54 Å². The fraction of sp³-hybridized carbons (Fsp3) is 0.259. The quantitative estimate of drug-likeness (QED) is 0.364. The van der Waals surface area contributed by atoms with E-state index in [0.717, 1.165) is 23.1 Å². The number of carbonyl (C=O) groups excluding carboxylic acids is 1. The van der Waals surface area contributed by atoms with Gasteiger partial charge in [-0.25, -0.2) is 13.8 Å². The lowest BCUT2D eigenvalue weighted by molar-refractivity contribution is -0.121. The number of aryl methyl sites for hydroxylation is 4. The van der Waals surface area contributed by atoms with Crippen molar-refractivity contribution in [2.75, 3.05) is 6.54 Å². The van der Waals surface area contributed by atoms with E-state index in [1.807, 2.05) is 73.7 Å². The third kappa shape index (κ3) is 6.40. The van der Waals surface area contributed by atoms with Crippen molar-refractivity contribution in [1.29, 1.82) is 0 Å². The number of amides is 1. The van der Waals surface area contributed by atoms with Crippen LogP contribution >= 0.6 is 0 Å². The average Bonchev–Trinajstić information content (AvgIpc) is 2.79. The molecule has 0 radical (unpaired) electrons. The van der Waals surface area contributed by atoms with Gasteiger partial charge in [0.05, 0.1) is 17.7 Å². The van der Waals surface area contributed by atoms with Crippen LogP contribution in [0.15, 0.2) is 76.7 Å². The Labute approximate surface area is 202 Å². The van der Waals surface area contributed by atoms with Crippen molar-refractivity contribution < 1.29 is 13.2 Å². The van der Waals surface area contributed by atoms with E-state index in [0.29, 0.717) is 11.1 Å². The monoisotopic (exact) mass is 477 g/mol. The van der Waals surface area contributed by atoms with Gasteiger partial charge in [0.25, 0.3) is 5.91 Å². The molecule has 0 saturated heterocycles. The molecule has 0 aliphatic carbocycles. The minimum Gasteiger partial charge on any atom is -0.272 e. The predicted molar refractivity (Wildman–Crippen MR) is 136 cm³/mol. The zero-order chi connectivity index (χ0) is 24.7. The molecule has 3 aromatic rings. The number of hydrogen-bond acceptors (Lipinski definition) is 4. The van der Waals surface area contributed by atoms with Gasteiger partial charge in [-0.15, -0.1) is 0 Å². The molecule has 178 valence electrons. The Kier molecular flexibility index (Phi) is 8.36. The van der Waals surface area contributed by atoms with Gasteiger partial charge >= 0.3 is 0 Å². The molecule has 6 nitrogen and oxygen atoms in total. The average molecular weight is 478 g/mol. The van der Waals surface area contributed by atoms with Gasteiger partial charge in [0.1, 0.15) is 0 Å². The lowest BCUT2D eigenvalue weighted by Gasteiger charge is -2.24. The van der Waals surface area contributed by atoms with Crippen LogP contribution in [0.2, 0.25) is 0 Å². The first-order valence-electron chi connectivity index (χ1n) is 11.2. The van der Waals surface area contributed by atoms with Crippen molar-refractivity contribution >= 4 is 22.1 Å². The predicted octanol–water partition coefficient (Wildman–Crippen LogP) is 4.52. The Hall–Kier alpha value is -3.29. The summed E-state index contributed by atoms with van der Waals surface area (Å²) in [5, 5.41) is 4.01. The van der Waals surface area contributed by atoms with Gasteiger partial charge < -0.3 is 0 Å². The molecule has 3 aromatic carbocycles. The SMILES string of the molecule is CCc1ccc(/C=N\NC(=O)CN(Cc2ccccc2)S(=O)(=O)c2c(C)cc(C)cc2C)cc1. The number of hydrogen-bond donors (Lipinski definition) is 1. The van der Waals surface area contributed by atoms with E-state index < -0.39 is 15.9 Å². The van der Waals surface area contributed by atoms with Gasteiger partial charge in [0.2, 0.25) is 10.0 Å². The molecule has 1 N–H and O–H groups in total. The van der Waals surface area contributed by atoms with E-state index in [2.05, 4.69) is 17.5 Å². The number of hydrazone groups is 1. The molecule has 0 bridgehead atoms. The van der Waals surface area contributed by atoms with Crippen LogP contribution in [0.1, 0.15) is 40.3 Å². The minimum atomic E-state index is -3.94.